The zero-order valence-electron chi connectivity index (χ0n) is 18.1. The van der Waals surface area contributed by atoms with Crippen molar-refractivity contribution >= 4 is 23.7 Å². The predicted molar refractivity (Wildman–Crippen MR) is 111 cm³/mol. The first-order chi connectivity index (χ1) is 14.4. The zero-order chi connectivity index (χ0) is 23.7. The van der Waals surface area contributed by atoms with Crippen molar-refractivity contribution in [2.24, 2.45) is 11.7 Å². The SMILES string of the molecule is CC(C)C[C@H](NC(=O)[C@@H](NC(=O)[C@H](C)N)[C@@H](C)O)C(=O)N[C@@H](Cc1c[nH]cn1)C(=O)O. The number of rotatable bonds is 12. The summed E-state index contributed by atoms with van der Waals surface area (Å²) in [5.41, 5.74) is 5.94. The zero-order valence-corrected chi connectivity index (χ0v) is 18.1. The highest BCUT2D eigenvalue weighted by Crippen LogP contribution is 2.08. The minimum absolute atomic E-state index is 0.0191. The molecular weight excluding hydrogens is 408 g/mol. The van der Waals surface area contributed by atoms with Crippen LogP contribution in [0.2, 0.25) is 0 Å². The van der Waals surface area contributed by atoms with Crippen LogP contribution in [0.4, 0.5) is 0 Å². The highest BCUT2D eigenvalue weighted by atomic mass is 16.4. The molecule has 12 nitrogen and oxygen atoms in total. The summed E-state index contributed by atoms with van der Waals surface area (Å²) in [6.07, 6.45) is 1.82. The van der Waals surface area contributed by atoms with E-state index in [9.17, 15) is 29.4 Å². The topological polar surface area (TPSA) is 200 Å². The lowest BCUT2D eigenvalue weighted by atomic mass is 10.0. The normalized spacial score (nSPS) is 16.0. The van der Waals surface area contributed by atoms with E-state index in [-0.39, 0.29) is 18.8 Å². The van der Waals surface area contributed by atoms with Crippen molar-refractivity contribution in [1.29, 1.82) is 0 Å². The molecule has 0 aliphatic heterocycles. The Kier molecular flexibility index (Phi) is 10.1. The third kappa shape index (κ3) is 8.72. The second kappa shape index (κ2) is 12.0. The molecule has 1 rings (SSSR count). The Hall–Kier alpha value is -2.99. The summed E-state index contributed by atoms with van der Waals surface area (Å²) < 4.78 is 0. The molecule has 3 amide bonds. The van der Waals surface area contributed by atoms with Crippen molar-refractivity contribution in [3.63, 3.8) is 0 Å². The van der Waals surface area contributed by atoms with Crippen LogP contribution in [-0.4, -0.2) is 74.1 Å². The Morgan fingerprint density at radius 2 is 1.65 bits per heavy atom. The number of hydrogen-bond donors (Lipinski definition) is 7. The number of carbonyl (C=O) groups is 4. The van der Waals surface area contributed by atoms with E-state index in [1.165, 1.54) is 26.4 Å². The van der Waals surface area contributed by atoms with Crippen molar-refractivity contribution < 1.29 is 29.4 Å². The van der Waals surface area contributed by atoms with Crippen LogP contribution in [0.5, 0.6) is 0 Å². The summed E-state index contributed by atoms with van der Waals surface area (Å²) >= 11 is 0. The molecule has 0 aliphatic carbocycles. The van der Waals surface area contributed by atoms with E-state index in [4.69, 9.17) is 5.73 Å². The van der Waals surface area contributed by atoms with Crippen LogP contribution in [0, 0.1) is 5.92 Å². The van der Waals surface area contributed by atoms with Gasteiger partial charge in [0.25, 0.3) is 0 Å². The second-order valence-electron chi connectivity index (χ2n) is 7.87. The molecule has 1 aromatic heterocycles. The average molecular weight is 441 g/mol. The molecular formula is C19H32N6O6. The lowest BCUT2D eigenvalue weighted by Crippen LogP contribution is -2.59. The third-order valence-corrected chi connectivity index (χ3v) is 4.40. The number of hydrogen-bond acceptors (Lipinski definition) is 7. The van der Waals surface area contributed by atoms with Crippen LogP contribution in [0.3, 0.4) is 0 Å². The number of nitrogens with one attached hydrogen (secondary N) is 4. The van der Waals surface area contributed by atoms with Crippen molar-refractivity contribution in [3.05, 3.63) is 18.2 Å². The van der Waals surface area contributed by atoms with Crippen molar-refractivity contribution in [2.45, 2.75) is 70.8 Å². The molecule has 0 aromatic carbocycles. The highest BCUT2D eigenvalue weighted by Gasteiger charge is 2.32. The van der Waals surface area contributed by atoms with Crippen LogP contribution >= 0.6 is 0 Å². The number of carboxylic acids is 1. The van der Waals surface area contributed by atoms with Gasteiger partial charge in [-0.3, -0.25) is 14.4 Å². The number of H-pyrrole nitrogens is 1. The first-order valence-corrected chi connectivity index (χ1v) is 9.97. The number of aromatic amines is 1. The number of aliphatic hydroxyl groups excluding tert-OH is 1. The van der Waals surface area contributed by atoms with E-state index >= 15 is 0 Å². The lowest BCUT2D eigenvalue weighted by Gasteiger charge is -2.26. The maximum atomic E-state index is 12.8. The molecule has 0 spiro atoms. The summed E-state index contributed by atoms with van der Waals surface area (Å²) in [5, 5.41) is 26.6. The standard InChI is InChI=1S/C19H32N6O6/c1-9(2)5-13(23-18(29)15(11(4)26)25-16(27)10(3)20)17(28)24-14(19(30)31)6-12-7-21-8-22-12/h7-11,13-15,26H,5-6,20H2,1-4H3,(H,21,22)(H,23,29)(H,24,28)(H,25,27)(H,30,31)/t10-,11+,13-,14-,15-/m0/s1. The van der Waals surface area contributed by atoms with Crippen LogP contribution < -0.4 is 21.7 Å². The second-order valence-corrected chi connectivity index (χ2v) is 7.87. The van der Waals surface area contributed by atoms with Gasteiger partial charge in [0.2, 0.25) is 17.7 Å². The van der Waals surface area contributed by atoms with E-state index in [0.29, 0.717) is 5.69 Å². The van der Waals surface area contributed by atoms with E-state index in [1.54, 1.807) is 0 Å². The molecule has 0 fully saturated rings. The molecule has 1 heterocycles. The Morgan fingerprint density at radius 3 is 2.10 bits per heavy atom. The smallest absolute Gasteiger partial charge is 0.326 e. The Bertz CT molecular complexity index is 749. The van der Waals surface area contributed by atoms with E-state index < -0.39 is 54.0 Å². The molecule has 0 saturated carbocycles. The largest absolute Gasteiger partial charge is 0.480 e. The number of nitrogens with two attached hydrogens (primary N) is 1. The molecule has 0 unspecified atom stereocenters. The van der Waals surface area contributed by atoms with Gasteiger partial charge in [0, 0.05) is 12.6 Å². The van der Waals surface area contributed by atoms with Crippen LogP contribution in [0.1, 0.15) is 39.8 Å². The number of carbonyl (C=O) groups excluding carboxylic acids is 3. The highest BCUT2D eigenvalue weighted by molar-refractivity contribution is 5.94. The van der Waals surface area contributed by atoms with Gasteiger partial charge >= 0.3 is 5.97 Å². The quantitative estimate of drug-likeness (QED) is 0.199. The summed E-state index contributed by atoms with van der Waals surface area (Å²) in [4.78, 5) is 55.6. The monoisotopic (exact) mass is 440 g/mol. The summed E-state index contributed by atoms with van der Waals surface area (Å²) in [6, 6.07) is -4.57. The summed E-state index contributed by atoms with van der Waals surface area (Å²) in [6.45, 7) is 6.39. The number of aliphatic carboxylic acids is 1. The summed E-state index contributed by atoms with van der Waals surface area (Å²) in [7, 11) is 0. The number of nitrogens with zero attached hydrogens (tertiary/aromatic N) is 1. The van der Waals surface area contributed by atoms with Crippen molar-refractivity contribution in [1.82, 2.24) is 25.9 Å². The van der Waals surface area contributed by atoms with E-state index in [1.807, 2.05) is 13.8 Å². The predicted octanol–water partition coefficient (Wildman–Crippen LogP) is -1.73. The Labute approximate surface area is 180 Å². The van der Waals surface area contributed by atoms with E-state index in [0.717, 1.165) is 0 Å². The molecule has 5 atom stereocenters. The maximum absolute atomic E-state index is 12.8. The molecule has 174 valence electrons. The fourth-order valence-corrected chi connectivity index (χ4v) is 2.74. The van der Waals surface area contributed by atoms with Gasteiger partial charge in [0.1, 0.15) is 18.1 Å². The molecule has 31 heavy (non-hydrogen) atoms. The molecule has 8 N–H and O–H groups in total. The minimum Gasteiger partial charge on any atom is -0.480 e. The first kappa shape index (κ1) is 26.0. The lowest BCUT2D eigenvalue weighted by molar-refractivity contribution is -0.142. The average Bonchev–Trinajstić information content (AvgIpc) is 3.16. The Balaban J connectivity index is 2.94. The molecule has 0 saturated heterocycles. The minimum atomic E-state index is -1.33. The fraction of sp³-hybridized carbons (Fsp3) is 0.632. The summed E-state index contributed by atoms with van der Waals surface area (Å²) in [5.74, 6) is -3.40. The maximum Gasteiger partial charge on any atom is 0.326 e. The van der Waals surface area contributed by atoms with Gasteiger partial charge in [0.15, 0.2) is 0 Å². The number of imidazole rings is 1. The van der Waals surface area contributed by atoms with Gasteiger partial charge in [-0.1, -0.05) is 13.8 Å². The number of aliphatic hydroxyl groups is 1. The van der Waals surface area contributed by atoms with Crippen molar-refractivity contribution in [2.75, 3.05) is 0 Å². The molecule has 12 heteroatoms. The van der Waals surface area contributed by atoms with Crippen LogP contribution in [0.15, 0.2) is 12.5 Å². The molecule has 0 aliphatic rings. The van der Waals surface area contributed by atoms with Gasteiger partial charge < -0.3 is 36.9 Å². The van der Waals surface area contributed by atoms with Gasteiger partial charge in [-0.2, -0.15) is 0 Å². The van der Waals surface area contributed by atoms with Crippen LogP contribution in [0.25, 0.3) is 0 Å². The Morgan fingerprint density at radius 1 is 1.03 bits per heavy atom. The van der Waals surface area contributed by atoms with Crippen molar-refractivity contribution in [3.8, 4) is 0 Å². The molecule has 0 bridgehead atoms. The van der Waals surface area contributed by atoms with Gasteiger partial charge in [0.05, 0.1) is 24.2 Å². The first-order valence-electron chi connectivity index (χ1n) is 9.97. The van der Waals surface area contributed by atoms with Crippen LogP contribution in [-0.2, 0) is 25.6 Å². The molecule has 0 radical (unpaired) electrons. The van der Waals surface area contributed by atoms with Gasteiger partial charge in [-0.15, -0.1) is 0 Å². The molecule has 1 aromatic rings. The number of amides is 3. The number of aromatic nitrogens is 2. The van der Waals surface area contributed by atoms with Gasteiger partial charge in [-0.25, -0.2) is 9.78 Å². The number of carboxylic acid groups (broad SMARTS) is 1. The fourth-order valence-electron chi connectivity index (χ4n) is 2.74. The van der Waals surface area contributed by atoms with Gasteiger partial charge in [-0.05, 0) is 26.2 Å². The van der Waals surface area contributed by atoms with E-state index in [2.05, 4.69) is 25.9 Å². The third-order valence-electron chi connectivity index (χ3n) is 4.40.